The predicted molar refractivity (Wildman–Crippen MR) is 92.4 cm³/mol. The quantitative estimate of drug-likeness (QED) is 0.249. The highest BCUT2D eigenvalue weighted by atomic mass is 32.2. The van der Waals surface area contributed by atoms with E-state index in [4.69, 9.17) is 9.11 Å². The first-order valence-electron chi connectivity index (χ1n) is 7.38. The van der Waals surface area contributed by atoms with Crippen LogP contribution in [-0.4, -0.2) is 58.1 Å². The lowest BCUT2D eigenvalue weighted by molar-refractivity contribution is 0.0953. The Morgan fingerprint density at radius 3 is 2.04 bits per heavy atom. The minimum atomic E-state index is -4.06. The number of carbonyl (C=O) groups is 2. The highest BCUT2D eigenvalue weighted by molar-refractivity contribution is 7.85. The number of benzene rings is 1. The van der Waals surface area contributed by atoms with Crippen LogP contribution in [0.2, 0.25) is 0 Å². The molecule has 1 atom stereocenters. The highest BCUT2D eigenvalue weighted by Gasteiger charge is 2.11. The number of nitrogens with one attached hydrogen (secondary N) is 2. The van der Waals surface area contributed by atoms with Gasteiger partial charge in [0.1, 0.15) is 0 Å². The maximum Gasteiger partial charge on any atom is 0.264 e. The molecule has 0 saturated heterocycles. The van der Waals surface area contributed by atoms with Crippen molar-refractivity contribution in [1.29, 1.82) is 0 Å². The van der Waals surface area contributed by atoms with Crippen molar-refractivity contribution in [3.05, 3.63) is 35.4 Å². The van der Waals surface area contributed by atoms with Crippen molar-refractivity contribution in [1.82, 2.24) is 10.6 Å². The van der Waals surface area contributed by atoms with E-state index in [-0.39, 0.29) is 36.4 Å². The van der Waals surface area contributed by atoms with Crippen molar-refractivity contribution >= 4 is 33.0 Å². The van der Waals surface area contributed by atoms with Crippen LogP contribution in [-0.2, 0) is 21.2 Å². The first-order chi connectivity index (χ1) is 11.7. The van der Waals surface area contributed by atoms with E-state index in [9.17, 15) is 22.2 Å². The van der Waals surface area contributed by atoms with E-state index in [1.54, 1.807) is 0 Å². The van der Waals surface area contributed by atoms with E-state index in [1.807, 2.05) is 0 Å². The van der Waals surface area contributed by atoms with Gasteiger partial charge in [-0.2, -0.15) is 8.42 Å². The van der Waals surface area contributed by atoms with Crippen LogP contribution in [0.15, 0.2) is 24.3 Å². The van der Waals surface area contributed by atoms with Gasteiger partial charge >= 0.3 is 0 Å². The highest BCUT2D eigenvalue weighted by Crippen LogP contribution is 2.05. The lowest BCUT2D eigenvalue weighted by Crippen LogP contribution is -2.27. The van der Waals surface area contributed by atoms with E-state index >= 15 is 0 Å². The molecule has 25 heavy (non-hydrogen) atoms. The monoisotopic (exact) mass is 392 g/mol. The van der Waals surface area contributed by atoms with Crippen LogP contribution in [0.25, 0.3) is 0 Å². The van der Waals surface area contributed by atoms with Crippen LogP contribution in [0.3, 0.4) is 0 Å². The van der Waals surface area contributed by atoms with Gasteiger partial charge in [0.15, 0.2) is 11.1 Å². The van der Waals surface area contributed by atoms with Crippen molar-refractivity contribution in [2.45, 2.75) is 12.8 Å². The first kappa shape index (κ1) is 21.2. The molecule has 2 amide bonds. The summed E-state index contributed by atoms with van der Waals surface area (Å²) >= 11 is -1.90. The molecule has 0 saturated carbocycles. The minimum Gasteiger partial charge on any atom is -0.352 e. The second-order valence-electron chi connectivity index (χ2n) is 5.11. The second-order valence-corrected chi connectivity index (χ2v) is 7.73. The fraction of sp³-hybridized carbons (Fsp3) is 0.429. The Morgan fingerprint density at radius 2 is 1.56 bits per heavy atom. The van der Waals surface area contributed by atoms with Gasteiger partial charge in [0.05, 0.1) is 11.5 Å². The van der Waals surface area contributed by atoms with E-state index in [0.717, 1.165) is 0 Å². The van der Waals surface area contributed by atoms with Gasteiger partial charge in [-0.15, -0.1) is 0 Å². The Kier molecular flexibility index (Phi) is 8.69. The lowest BCUT2D eigenvalue weighted by Gasteiger charge is -2.07. The molecule has 0 aromatic heterocycles. The predicted octanol–water partition coefficient (Wildman–Crippen LogP) is 0.0359. The van der Waals surface area contributed by atoms with Crippen molar-refractivity contribution in [2.24, 2.45) is 0 Å². The zero-order valence-electron chi connectivity index (χ0n) is 13.3. The van der Waals surface area contributed by atoms with E-state index in [0.29, 0.717) is 6.42 Å². The smallest absolute Gasteiger partial charge is 0.264 e. The van der Waals surface area contributed by atoms with Crippen LogP contribution < -0.4 is 10.6 Å². The summed E-state index contributed by atoms with van der Waals surface area (Å²) in [6.45, 7) is 0.296. The topological polar surface area (TPSA) is 150 Å². The van der Waals surface area contributed by atoms with Crippen molar-refractivity contribution < 1.29 is 31.3 Å². The maximum absolute atomic E-state index is 12.0. The Morgan fingerprint density at radius 1 is 1.04 bits per heavy atom. The molecule has 9 nitrogen and oxygen atoms in total. The van der Waals surface area contributed by atoms with E-state index < -0.39 is 38.8 Å². The second kappa shape index (κ2) is 10.2. The van der Waals surface area contributed by atoms with Crippen LogP contribution in [0.5, 0.6) is 0 Å². The first-order valence-corrected chi connectivity index (χ1v) is 10.3. The van der Waals surface area contributed by atoms with Crippen LogP contribution in [0.1, 0.15) is 33.6 Å². The largest absolute Gasteiger partial charge is 0.352 e. The summed E-state index contributed by atoms with van der Waals surface area (Å²) < 4.78 is 48.9. The average Bonchev–Trinajstić information content (AvgIpc) is 2.54. The summed E-state index contributed by atoms with van der Waals surface area (Å²) in [6.07, 6.45) is 0.416. The van der Waals surface area contributed by atoms with Crippen LogP contribution in [0.4, 0.5) is 0 Å². The third-order valence-electron chi connectivity index (χ3n) is 3.03. The molecule has 140 valence electrons. The molecular weight excluding hydrogens is 372 g/mol. The molecule has 0 heterocycles. The number of rotatable bonds is 10. The molecule has 1 aromatic rings. The molecule has 1 rings (SSSR count). The van der Waals surface area contributed by atoms with Crippen molar-refractivity contribution in [3.63, 3.8) is 0 Å². The van der Waals surface area contributed by atoms with Crippen LogP contribution >= 0.6 is 0 Å². The fourth-order valence-corrected chi connectivity index (χ4v) is 2.76. The Balaban J connectivity index is 2.51. The summed E-state index contributed by atoms with van der Waals surface area (Å²) in [6, 6.07) is 5.95. The molecule has 0 aliphatic heterocycles. The molecule has 0 aliphatic rings. The minimum absolute atomic E-state index is 0.0618. The number of hydrogen-bond donors (Lipinski definition) is 4. The Labute approximate surface area is 148 Å². The van der Waals surface area contributed by atoms with Gasteiger partial charge in [0, 0.05) is 24.2 Å². The van der Waals surface area contributed by atoms with E-state index in [2.05, 4.69) is 10.6 Å². The molecule has 1 aromatic carbocycles. The molecule has 1 unspecified atom stereocenters. The normalized spacial score (nSPS) is 12.4. The summed E-state index contributed by atoms with van der Waals surface area (Å²) in [7, 11) is -4.06. The van der Waals surface area contributed by atoms with Crippen molar-refractivity contribution in [3.8, 4) is 0 Å². The Bertz CT molecular complexity index is 734. The molecule has 0 spiro atoms. The summed E-state index contributed by atoms with van der Waals surface area (Å²) in [5.41, 5.74) is 0.492. The van der Waals surface area contributed by atoms with Gasteiger partial charge < -0.3 is 15.2 Å². The third kappa shape index (κ3) is 9.29. The number of amides is 2. The number of carbonyl (C=O) groups excluding carboxylic acids is 2. The zero-order valence-corrected chi connectivity index (χ0v) is 14.9. The summed E-state index contributed by atoms with van der Waals surface area (Å²) in [5.74, 6) is -1.27. The number of hydrogen-bond acceptors (Lipinski definition) is 5. The van der Waals surface area contributed by atoms with Crippen LogP contribution in [0, 0.1) is 0 Å². The standard InChI is InChI=1S/C14H20N2O7S2/c17-13(15-6-2-8-24(19)20)11-4-1-5-12(10-11)14(18)16-7-3-9-25(21,22)23/h1,4-5,10H,2-3,6-9H2,(H,15,17)(H,16,18)(H,19,20)(H,21,22,23). The molecule has 0 radical (unpaired) electrons. The van der Waals surface area contributed by atoms with E-state index in [1.165, 1.54) is 24.3 Å². The van der Waals surface area contributed by atoms with Gasteiger partial charge in [-0.1, -0.05) is 6.07 Å². The molecule has 0 bridgehead atoms. The maximum atomic E-state index is 12.0. The molecule has 11 heteroatoms. The molecule has 4 N–H and O–H groups in total. The van der Waals surface area contributed by atoms with Gasteiger partial charge in [0.25, 0.3) is 21.9 Å². The fourth-order valence-electron chi connectivity index (χ4n) is 1.86. The SMILES string of the molecule is O=C(NCCCS(=O)O)c1cccc(C(=O)NCCCS(=O)(=O)O)c1. The molecule has 0 fully saturated rings. The molecular formula is C14H20N2O7S2. The summed E-state index contributed by atoms with van der Waals surface area (Å²) in [5, 5.41) is 5.07. The third-order valence-corrected chi connectivity index (χ3v) is 4.48. The van der Waals surface area contributed by atoms with Gasteiger partial charge in [-0.3, -0.25) is 14.1 Å². The van der Waals surface area contributed by atoms with Gasteiger partial charge in [-0.05, 0) is 31.0 Å². The van der Waals surface area contributed by atoms with Crippen molar-refractivity contribution in [2.75, 3.05) is 24.6 Å². The molecule has 0 aliphatic carbocycles. The van der Waals surface area contributed by atoms with Gasteiger partial charge in [0.2, 0.25) is 0 Å². The lowest BCUT2D eigenvalue weighted by atomic mass is 10.1. The average molecular weight is 392 g/mol. The zero-order chi connectivity index (χ0) is 18.9. The Hall–Kier alpha value is -1.82. The van der Waals surface area contributed by atoms with Gasteiger partial charge in [-0.25, -0.2) is 4.21 Å². The summed E-state index contributed by atoms with van der Waals surface area (Å²) in [4.78, 5) is 23.9.